The molecule has 0 aliphatic carbocycles. The fraction of sp³-hybridized carbons (Fsp3) is 0.0833. The Balaban J connectivity index is 2.17. The van der Waals surface area contributed by atoms with Crippen LogP contribution in [0.5, 0.6) is 0 Å². The molecule has 0 unspecified atom stereocenters. The fourth-order valence-corrected chi connectivity index (χ4v) is 2.09. The summed E-state index contributed by atoms with van der Waals surface area (Å²) in [7, 11) is 0. The fourth-order valence-electron chi connectivity index (χ4n) is 1.42. The largest absolute Gasteiger partial charge is 0.457 e. The van der Waals surface area contributed by atoms with E-state index in [1.807, 2.05) is 12.1 Å². The standard InChI is InChI=1S/C12H8BrClO2/c13-12-10(4-5-16-12)11(15)7-8-2-1-3-9(14)6-8/h1-6H,7H2. The first-order chi connectivity index (χ1) is 7.66. The lowest BCUT2D eigenvalue weighted by molar-refractivity contribution is 0.0991. The maximum atomic E-state index is 11.9. The summed E-state index contributed by atoms with van der Waals surface area (Å²) in [5.41, 5.74) is 1.45. The monoisotopic (exact) mass is 298 g/mol. The van der Waals surface area contributed by atoms with Gasteiger partial charge in [0, 0.05) is 11.4 Å². The molecule has 2 aromatic rings. The molecule has 0 atom stereocenters. The van der Waals surface area contributed by atoms with Crippen LogP contribution in [-0.4, -0.2) is 5.78 Å². The van der Waals surface area contributed by atoms with Gasteiger partial charge in [0.2, 0.25) is 0 Å². The molecule has 0 radical (unpaired) electrons. The molecule has 2 rings (SSSR count). The van der Waals surface area contributed by atoms with Crippen LogP contribution in [0, 0.1) is 0 Å². The van der Waals surface area contributed by atoms with Crippen molar-refractivity contribution in [2.75, 3.05) is 0 Å². The smallest absolute Gasteiger partial charge is 0.179 e. The van der Waals surface area contributed by atoms with E-state index in [9.17, 15) is 4.79 Å². The van der Waals surface area contributed by atoms with Crippen molar-refractivity contribution in [2.45, 2.75) is 6.42 Å². The van der Waals surface area contributed by atoms with Crippen LogP contribution in [0.2, 0.25) is 5.02 Å². The molecule has 0 aliphatic heterocycles. The van der Waals surface area contributed by atoms with E-state index in [1.54, 1.807) is 18.2 Å². The number of hydrogen-bond donors (Lipinski definition) is 0. The molecule has 2 nitrogen and oxygen atoms in total. The number of Topliss-reactive ketones (excluding diaryl/α,β-unsaturated/α-hetero) is 1. The van der Waals surface area contributed by atoms with Crippen molar-refractivity contribution in [3.8, 4) is 0 Å². The lowest BCUT2D eigenvalue weighted by atomic mass is 10.1. The Morgan fingerprint density at radius 2 is 2.19 bits per heavy atom. The van der Waals surface area contributed by atoms with Gasteiger partial charge >= 0.3 is 0 Å². The number of halogens is 2. The number of hydrogen-bond acceptors (Lipinski definition) is 2. The van der Waals surface area contributed by atoms with Gasteiger partial charge in [0.1, 0.15) is 0 Å². The predicted molar refractivity (Wildman–Crippen MR) is 65.9 cm³/mol. The molecule has 4 heteroatoms. The Morgan fingerprint density at radius 3 is 2.81 bits per heavy atom. The minimum atomic E-state index is 0.00268. The van der Waals surface area contributed by atoms with Gasteiger partial charge in [0.25, 0.3) is 0 Å². The second kappa shape index (κ2) is 4.85. The van der Waals surface area contributed by atoms with E-state index in [4.69, 9.17) is 16.0 Å². The van der Waals surface area contributed by atoms with E-state index in [2.05, 4.69) is 15.9 Å². The summed E-state index contributed by atoms with van der Waals surface area (Å²) in [6, 6.07) is 8.92. The molecule has 1 aromatic carbocycles. The molecular formula is C12H8BrClO2. The molecular weight excluding hydrogens is 291 g/mol. The number of benzene rings is 1. The highest BCUT2D eigenvalue weighted by Crippen LogP contribution is 2.20. The minimum Gasteiger partial charge on any atom is -0.457 e. The van der Waals surface area contributed by atoms with E-state index in [1.165, 1.54) is 6.26 Å². The van der Waals surface area contributed by atoms with Gasteiger partial charge in [-0.05, 0) is 39.7 Å². The van der Waals surface area contributed by atoms with Gasteiger partial charge in [0.15, 0.2) is 10.5 Å². The first kappa shape index (κ1) is 11.4. The molecule has 0 saturated heterocycles. The Bertz CT molecular complexity index is 519. The zero-order chi connectivity index (χ0) is 11.5. The van der Waals surface area contributed by atoms with Gasteiger partial charge in [-0.2, -0.15) is 0 Å². The van der Waals surface area contributed by atoms with Gasteiger partial charge in [-0.25, -0.2) is 0 Å². The quantitative estimate of drug-likeness (QED) is 0.798. The molecule has 0 aliphatic rings. The summed E-state index contributed by atoms with van der Waals surface area (Å²) in [4.78, 5) is 11.9. The summed E-state index contributed by atoms with van der Waals surface area (Å²) < 4.78 is 5.49. The number of ketones is 1. The Hall–Kier alpha value is -1.06. The predicted octanol–water partition coefficient (Wildman–Crippen LogP) is 4.12. The molecule has 0 amide bonds. The van der Waals surface area contributed by atoms with Gasteiger partial charge in [0.05, 0.1) is 11.8 Å². The topological polar surface area (TPSA) is 30.2 Å². The van der Waals surface area contributed by atoms with Gasteiger partial charge in [-0.15, -0.1) is 0 Å². The lowest BCUT2D eigenvalue weighted by Gasteiger charge is -2.00. The van der Waals surface area contributed by atoms with Crippen LogP contribution in [0.3, 0.4) is 0 Å². The average molecular weight is 300 g/mol. The molecule has 82 valence electrons. The van der Waals surface area contributed by atoms with Crippen LogP contribution in [0.25, 0.3) is 0 Å². The number of carbonyl (C=O) groups excluding carboxylic acids is 1. The molecule has 1 aromatic heterocycles. The maximum Gasteiger partial charge on any atom is 0.179 e. The van der Waals surface area contributed by atoms with Gasteiger partial charge in [-0.3, -0.25) is 4.79 Å². The molecule has 1 heterocycles. The van der Waals surface area contributed by atoms with Crippen LogP contribution in [-0.2, 0) is 6.42 Å². The number of rotatable bonds is 3. The Kier molecular flexibility index (Phi) is 3.46. The van der Waals surface area contributed by atoms with E-state index < -0.39 is 0 Å². The molecule has 0 spiro atoms. The lowest BCUT2D eigenvalue weighted by Crippen LogP contribution is -2.02. The normalized spacial score (nSPS) is 10.4. The van der Waals surface area contributed by atoms with Crippen molar-refractivity contribution in [3.05, 3.63) is 57.4 Å². The highest BCUT2D eigenvalue weighted by Gasteiger charge is 2.13. The maximum absolute atomic E-state index is 11.9. The number of carbonyl (C=O) groups is 1. The minimum absolute atomic E-state index is 0.00268. The van der Waals surface area contributed by atoms with Crippen molar-refractivity contribution in [2.24, 2.45) is 0 Å². The molecule has 0 N–H and O–H groups in total. The third kappa shape index (κ3) is 2.54. The highest BCUT2D eigenvalue weighted by molar-refractivity contribution is 9.10. The van der Waals surface area contributed by atoms with Crippen molar-refractivity contribution in [3.63, 3.8) is 0 Å². The molecule has 0 fully saturated rings. The molecule has 0 saturated carbocycles. The summed E-state index contributed by atoms with van der Waals surface area (Å²) in [6.07, 6.45) is 1.80. The zero-order valence-corrected chi connectivity index (χ0v) is 10.6. The summed E-state index contributed by atoms with van der Waals surface area (Å²) >= 11 is 9.03. The van der Waals surface area contributed by atoms with Crippen LogP contribution in [0.1, 0.15) is 15.9 Å². The summed E-state index contributed by atoms with van der Waals surface area (Å²) in [5, 5.41) is 0.636. The first-order valence-electron chi connectivity index (χ1n) is 4.67. The van der Waals surface area contributed by atoms with Crippen molar-refractivity contribution in [1.82, 2.24) is 0 Å². The Labute approximate surface area is 106 Å². The van der Waals surface area contributed by atoms with Crippen LogP contribution >= 0.6 is 27.5 Å². The first-order valence-corrected chi connectivity index (χ1v) is 5.84. The second-order valence-electron chi connectivity index (χ2n) is 3.34. The molecule has 0 bridgehead atoms. The third-order valence-electron chi connectivity index (χ3n) is 2.17. The Morgan fingerprint density at radius 1 is 1.38 bits per heavy atom. The van der Waals surface area contributed by atoms with E-state index in [0.717, 1.165) is 5.56 Å². The van der Waals surface area contributed by atoms with E-state index in [-0.39, 0.29) is 5.78 Å². The number of furan rings is 1. The second-order valence-corrected chi connectivity index (χ2v) is 4.49. The SMILES string of the molecule is O=C(Cc1cccc(Cl)c1)c1ccoc1Br. The average Bonchev–Trinajstić information content (AvgIpc) is 2.64. The zero-order valence-electron chi connectivity index (χ0n) is 8.24. The highest BCUT2D eigenvalue weighted by atomic mass is 79.9. The van der Waals surface area contributed by atoms with Crippen molar-refractivity contribution in [1.29, 1.82) is 0 Å². The van der Waals surface area contributed by atoms with Gasteiger partial charge in [-0.1, -0.05) is 23.7 Å². The van der Waals surface area contributed by atoms with Crippen LogP contribution < -0.4 is 0 Å². The van der Waals surface area contributed by atoms with E-state index >= 15 is 0 Å². The third-order valence-corrected chi connectivity index (χ3v) is 3.02. The summed E-state index contributed by atoms with van der Waals surface area (Å²) in [6.45, 7) is 0. The van der Waals surface area contributed by atoms with E-state index in [0.29, 0.717) is 21.7 Å². The van der Waals surface area contributed by atoms with Gasteiger partial charge < -0.3 is 4.42 Å². The van der Waals surface area contributed by atoms with Crippen LogP contribution in [0.15, 0.2) is 45.7 Å². The van der Waals surface area contributed by atoms with Crippen molar-refractivity contribution >= 4 is 33.3 Å². The van der Waals surface area contributed by atoms with Crippen LogP contribution in [0.4, 0.5) is 0 Å². The molecule has 16 heavy (non-hydrogen) atoms. The summed E-state index contributed by atoms with van der Waals surface area (Å²) in [5.74, 6) is 0.00268. The van der Waals surface area contributed by atoms with Crippen molar-refractivity contribution < 1.29 is 9.21 Å².